The zero-order valence-corrected chi connectivity index (χ0v) is 11.8. The van der Waals surface area contributed by atoms with Gasteiger partial charge in [0.15, 0.2) is 0 Å². The van der Waals surface area contributed by atoms with Gasteiger partial charge in [-0.2, -0.15) is 5.10 Å². The first kappa shape index (κ1) is 13.3. The molecule has 2 rings (SSSR count). The third kappa shape index (κ3) is 2.83. The normalized spacial score (nSPS) is 16.8. The first-order chi connectivity index (χ1) is 8.59. The van der Waals surface area contributed by atoms with E-state index in [1.165, 1.54) is 32.1 Å². The van der Waals surface area contributed by atoms with Gasteiger partial charge in [-0.15, -0.1) is 16.9 Å². The van der Waals surface area contributed by atoms with Gasteiger partial charge in [-0.05, 0) is 32.3 Å². The van der Waals surface area contributed by atoms with Gasteiger partial charge in [0.2, 0.25) is 0 Å². The number of amidine groups is 1. The zero-order valence-electron chi connectivity index (χ0n) is 11.0. The number of rotatable bonds is 3. The molecule has 1 aliphatic carbocycles. The fourth-order valence-electron chi connectivity index (χ4n) is 2.33. The predicted molar refractivity (Wildman–Crippen MR) is 75.3 cm³/mol. The molecule has 4 nitrogen and oxygen atoms in total. The van der Waals surface area contributed by atoms with Crippen LogP contribution in [0.3, 0.4) is 0 Å². The van der Waals surface area contributed by atoms with Gasteiger partial charge >= 0.3 is 0 Å². The summed E-state index contributed by atoms with van der Waals surface area (Å²) in [6.07, 6.45) is 6.40. The maximum atomic E-state index is 7.73. The fourth-order valence-corrected chi connectivity index (χ4v) is 3.68. The highest BCUT2D eigenvalue weighted by Gasteiger charge is 2.20. The molecule has 1 saturated carbocycles. The molecule has 1 aromatic heterocycles. The molecule has 5 heteroatoms. The Morgan fingerprint density at radius 1 is 1.22 bits per heavy atom. The van der Waals surface area contributed by atoms with Gasteiger partial charge in [0.05, 0.1) is 11.3 Å². The smallest absolute Gasteiger partial charge is 0.130 e. The molecule has 0 radical (unpaired) electrons. The second-order valence-electron chi connectivity index (χ2n) is 4.88. The lowest BCUT2D eigenvalue weighted by Gasteiger charge is -2.21. The van der Waals surface area contributed by atoms with Crippen LogP contribution in [0.25, 0.3) is 0 Å². The summed E-state index contributed by atoms with van der Waals surface area (Å²) in [5.74, 6) is 0.101. The van der Waals surface area contributed by atoms with Gasteiger partial charge in [0, 0.05) is 5.25 Å². The molecule has 3 N–H and O–H groups in total. The minimum absolute atomic E-state index is 0.101. The molecule has 0 aromatic carbocycles. The number of hydrogen-bond donors (Lipinski definition) is 2. The third-order valence-corrected chi connectivity index (χ3v) is 4.84. The maximum Gasteiger partial charge on any atom is 0.130 e. The Hall–Kier alpha value is -1.10. The van der Waals surface area contributed by atoms with Crippen LogP contribution in [0.5, 0.6) is 0 Å². The average Bonchev–Trinajstić information content (AvgIpc) is 2.35. The minimum atomic E-state index is 0.101. The van der Waals surface area contributed by atoms with Gasteiger partial charge in [-0.1, -0.05) is 19.3 Å². The summed E-state index contributed by atoms with van der Waals surface area (Å²) in [7, 11) is 0. The quantitative estimate of drug-likeness (QED) is 0.650. The Labute approximate surface area is 112 Å². The summed E-state index contributed by atoms with van der Waals surface area (Å²) in [5.41, 5.74) is 8.30. The fraction of sp³-hybridized carbons (Fsp3) is 0.615. The van der Waals surface area contributed by atoms with Crippen molar-refractivity contribution in [3.05, 3.63) is 16.8 Å². The number of aromatic nitrogens is 2. The molecule has 0 aliphatic heterocycles. The van der Waals surface area contributed by atoms with E-state index in [1.54, 1.807) is 11.8 Å². The van der Waals surface area contributed by atoms with Crippen LogP contribution in [-0.4, -0.2) is 21.3 Å². The highest BCUT2D eigenvalue weighted by atomic mass is 32.2. The molecule has 0 atom stereocenters. The van der Waals surface area contributed by atoms with Crippen molar-refractivity contribution in [2.24, 2.45) is 5.73 Å². The maximum absolute atomic E-state index is 7.73. The number of aryl methyl sites for hydroxylation is 1. The van der Waals surface area contributed by atoms with E-state index in [2.05, 4.69) is 10.2 Å². The van der Waals surface area contributed by atoms with Crippen LogP contribution < -0.4 is 5.73 Å². The molecule has 1 aromatic rings. The van der Waals surface area contributed by atoms with Crippen LogP contribution in [-0.2, 0) is 0 Å². The molecule has 1 fully saturated rings. The van der Waals surface area contributed by atoms with Gasteiger partial charge < -0.3 is 5.73 Å². The first-order valence-corrected chi connectivity index (χ1v) is 7.32. The molecule has 0 spiro atoms. The monoisotopic (exact) mass is 264 g/mol. The molecule has 0 unspecified atom stereocenters. The molecule has 0 saturated heterocycles. The second-order valence-corrected chi connectivity index (χ2v) is 6.17. The van der Waals surface area contributed by atoms with E-state index in [0.717, 1.165) is 21.8 Å². The van der Waals surface area contributed by atoms with Crippen molar-refractivity contribution in [3.8, 4) is 0 Å². The van der Waals surface area contributed by atoms with E-state index in [1.807, 2.05) is 13.8 Å². The Kier molecular flexibility index (Phi) is 4.22. The average molecular weight is 264 g/mol. The number of thioether (sulfide) groups is 1. The van der Waals surface area contributed by atoms with Crippen LogP contribution >= 0.6 is 11.8 Å². The third-order valence-electron chi connectivity index (χ3n) is 3.52. The number of nitrogen functional groups attached to an aromatic ring is 1. The van der Waals surface area contributed by atoms with Crippen molar-refractivity contribution in [2.45, 2.75) is 56.2 Å². The summed E-state index contributed by atoms with van der Waals surface area (Å²) >= 11 is 1.75. The van der Waals surface area contributed by atoms with E-state index >= 15 is 0 Å². The summed E-state index contributed by atoms with van der Waals surface area (Å²) in [4.78, 5) is 0. The topological polar surface area (TPSA) is 75.7 Å². The van der Waals surface area contributed by atoms with Crippen molar-refractivity contribution in [3.63, 3.8) is 0 Å². The SMILES string of the molecule is Cc1nnc(SC2CCCCC2)c(C(=N)N)c1C. The Balaban J connectivity index is 2.26. The van der Waals surface area contributed by atoms with E-state index in [4.69, 9.17) is 11.1 Å². The lowest BCUT2D eigenvalue weighted by atomic mass is 10.0. The zero-order chi connectivity index (χ0) is 13.1. The van der Waals surface area contributed by atoms with Gasteiger partial charge in [0.25, 0.3) is 0 Å². The molecule has 98 valence electrons. The molecule has 1 aliphatic rings. The lowest BCUT2D eigenvalue weighted by Crippen LogP contribution is -2.18. The predicted octanol–water partition coefficient (Wildman–Crippen LogP) is 2.80. The number of nitrogens with zero attached hydrogens (tertiary/aromatic N) is 2. The van der Waals surface area contributed by atoms with Crippen molar-refractivity contribution in [1.29, 1.82) is 5.41 Å². The molecule has 1 heterocycles. The number of nitrogens with one attached hydrogen (secondary N) is 1. The lowest BCUT2D eigenvalue weighted by molar-refractivity contribution is 0.515. The standard InChI is InChI=1S/C13H20N4S/c1-8-9(2)16-17-13(11(8)12(14)15)18-10-6-4-3-5-7-10/h10H,3-7H2,1-2H3,(H3,14,15). The minimum Gasteiger partial charge on any atom is -0.384 e. The van der Waals surface area contributed by atoms with Crippen molar-refractivity contribution in [2.75, 3.05) is 0 Å². The summed E-state index contributed by atoms with van der Waals surface area (Å²) < 4.78 is 0. The molecular weight excluding hydrogens is 244 g/mol. The van der Waals surface area contributed by atoms with E-state index in [-0.39, 0.29) is 5.84 Å². The Morgan fingerprint density at radius 2 is 1.89 bits per heavy atom. The van der Waals surface area contributed by atoms with Crippen molar-refractivity contribution < 1.29 is 0 Å². The number of nitrogens with two attached hydrogens (primary N) is 1. The highest BCUT2D eigenvalue weighted by Crippen LogP contribution is 2.34. The second kappa shape index (κ2) is 5.69. The van der Waals surface area contributed by atoms with E-state index in [9.17, 15) is 0 Å². The van der Waals surface area contributed by atoms with E-state index in [0.29, 0.717) is 5.25 Å². The summed E-state index contributed by atoms with van der Waals surface area (Å²) in [6.45, 7) is 3.87. The van der Waals surface area contributed by atoms with E-state index < -0.39 is 0 Å². The summed E-state index contributed by atoms with van der Waals surface area (Å²) in [5, 5.41) is 17.6. The highest BCUT2D eigenvalue weighted by molar-refractivity contribution is 7.99. The van der Waals surface area contributed by atoms with Crippen LogP contribution in [0.2, 0.25) is 0 Å². The van der Waals surface area contributed by atoms with Crippen molar-refractivity contribution >= 4 is 17.6 Å². The van der Waals surface area contributed by atoms with Crippen LogP contribution in [0.1, 0.15) is 48.9 Å². The molecular formula is C13H20N4S. The van der Waals surface area contributed by atoms with Gasteiger partial charge in [-0.25, -0.2) is 0 Å². The van der Waals surface area contributed by atoms with Gasteiger partial charge in [0.1, 0.15) is 10.9 Å². The number of hydrogen-bond acceptors (Lipinski definition) is 4. The summed E-state index contributed by atoms with van der Waals surface area (Å²) in [6, 6.07) is 0. The van der Waals surface area contributed by atoms with Crippen LogP contribution in [0.4, 0.5) is 0 Å². The van der Waals surface area contributed by atoms with Crippen LogP contribution in [0, 0.1) is 19.3 Å². The van der Waals surface area contributed by atoms with Gasteiger partial charge in [-0.3, -0.25) is 5.41 Å². The molecule has 18 heavy (non-hydrogen) atoms. The van der Waals surface area contributed by atoms with Crippen molar-refractivity contribution in [1.82, 2.24) is 10.2 Å². The Morgan fingerprint density at radius 3 is 2.50 bits per heavy atom. The Bertz CT molecular complexity index is 453. The molecule has 0 amide bonds. The largest absolute Gasteiger partial charge is 0.384 e. The van der Waals surface area contributed by atoms with Crippen LogP contribution in [0.15, 0.2) is 5.03 Å². The first-order valence-electron chi connectivity index (χ1n) is 6.44. The molecule has 0 bridgehead atoms.